The lowest BCUT2D eigenvalue weighted by molar-refractivity contribution is -0.125. The van der Waals surface area contributed by atoms with Crippen molar-refractivity contribution >= 4 is 23.2 Å². The topological polar surface area (TPSA) is 92.4 Å². The molecule has 1 rings (SSSR count). The number of nitrogens with one attached hydrogen (secondary N) is 1. The monoisotopic (exact) mass is 228 g/mol. The Balaban J connectivity index is 2.51. The molecule has 0 saturated carbocycles. The van der Waals surface area contributed by atoms with Crippen molar-refractivity contribution in [2.45, 2.75) is 13.0 Å². The van der Waals surface area contributed by atoms with Gasteiger partial charge in [0.15, 0.2) is 0 Å². The zero-order valence-corrected chi connectivity index (χ0v) is 9.00. The molecule has 0 aliphatic heterocycles. The van der Waals surface area contributed by atoms with E-state index in [0.29, 0.717) is 4.88 Å². The third-order valence-corrected chi connectivity index (χ3v) is 2.87. The SMILES string of the molecule is Cc1ccsc1C(=O)NCC(O)C(N)=O. The summed E-state index contributed by atoms with van der Waals surface area (Å²) in [4.78, 5) is 22.6. The molecule has 0 spiro atoms. The molecule has 6 heteroatoms. The highest BCUT2D eigenvalue weighted by molar-refractivity contribution is 7.12. The third-order valence-electron chi connectivity index (χ3n) is 1.85. The minimum Gasteiger partial charge on any atom is -0.381 e. The maximum atomic E-state index is 11.5. The van der Waals surface area contributed by atoms with Crippen LogP contribution in [0.5, 0.6) is 0 Å². The molecule has 1 atom stereocenters. The highest BCUT2D eigenvalue weighted by Gasteiger charge is 2.14. The molecule has 4 N–H and O–H groups in total. The van der Waals surface area contributed by atoms with E-state index in [1.165, 1.54) is 11.3 Å². The Morgan fingerprint density at radius 3 is 2.80 bits per heavy atom. The number of aliphatic hydroxyl groups is 1. The lowest BCUT2D eigenvalue weighted by Gasteiger charge is -2.07. The molecule has 0 bridgehead atoms. The van der Waals surface area contributed by atoms with Crippen LogP contribution in [-0.2, 0) is 4.79 Å². The summed E-state index contributed by atoms with van der Waals surface area (Å²) < 4.78 is 0. The lowest BCUT2D eigenvalue weighted by Crippen LogP contribution is -2.39. The summed E-state index contributed by atoms with van der Waals surface area (Å²) >= 11 is 1.31. The second-order valence-electron chi connectivity index (χ2n) is 3.06. The van der Waals surface area contributed by atoms with Crippen LogP contribution in [0.4, 0.5) is 0 Å². The minimum atomic E-state index is -1.34. The quantitative estimate of drug-likeness (QED) is 0.656. The van der Waals surface area contributed by atoms with Crippen LogP contribution in [0.3, 0.4) is 0 Å². The first-order valence-electron chi connectivity index (χ1n) is 4.32. The smallest absolute Gasteiger partial charge is 0.261 e. The number of hydrogen-bond acceptors (Lipinski definition) is 4. The molecule has 0 aliphatic rings. The fraction of sp³-hybridized carbons (Fsp3) is 0.333. The first kappa shape index (κ1) is 11.7. The zero-order chi connectivity index (χ0) is 11.4. The maximum Gasteiger partial charge on any atom is 0.261 e. The number of aliphatic hydroxyl groups excluding tert-OH is 1. The summed E-state index contributed by atoms with van der Waals surface area (Å²) in [5.74, 6) is -1.15. The molecule has 2 amide bonds. The van der Waals surface area contributed by atoms with Crippen LogP contribution in [0.1, 0.15) is 15.2 Å². The van der Waals surface area contributed by atoms with Crippen molar-refractivity contribution in [1.29, 1.82) is 0 Å². The predicted molar refractivity (Wildman–Crippen MR) is 56.6 cm³/mol. The molecule has 0 fully saturated rings. The highest BCUT2D eigenvalue weighted by atomic mass is 32.1. The van der Waals surface area contributed by atoms with Crippen molar-refractivity contribution < 1.29 is 14.7 Å². The summed E-state index contributed by atoms with van der Waals surface area (Å²) in [7, 11) is 0. The average Bonchev–Trinajstić information content (AvgIpc) is 2.60. The number of aryl methyl sites for hydroxylation is 1. The van der Waals surface area contributed by atoms with Crippen molar-refractivity contribution in [2.75, 3.05) is 6.54 Å². The van der Waals surface area contributed by atoms with Crippen LogP contribution in [0, 0.1) is 6.92 Å². The van der Waals surface area contributed by atoms with Crippen molar-refractivity contribution in [2.24, 2.45) is 5.73 Å². The molecule has 15 heavy (non-hydrogen) atoms. The van der Waals surface area contributed by atoms with Gasteiger partial charge in [0.1, 0.15) is 6.10 Å². The van der Waals surface area contributed by atoms with Crippen LogP contribution in [-0.4, -0.2) is 29.6 Å². The van der Waals surface area contributed by atoms with Gasteiger partial charge in [0.2, 0.25) is 5.91 Å². The van der Waals surface area contributed by atoms with Gasteiger partial charge in [-0.3, -0.25) is 9.59 Å². The van der Waals surface area contributed by atoms with Gasteiger partial charge in [0.05, 0.1) is 11.4 Å². The minimum absolute atomic E-state index is 0.161. The van der Waals surface area contributed by atoms with Crippen LogP contribution < -0.4 is 11.1 Å². The highest BCUT2D eigenvalue weighted by Crippen LogP contribution is 2.14. The van der Waals surface area contributed by atoms with Gasteiger partial charge in [0, 0.05) is 0 Å². The molecule has 82 valence electrons. The molecule has 1 unspecified atom stereocenters. The number of amides is 2. The van der Waals surface area contributed by atoms with E-state index in [0.717, 1.165) is 5.56 Å². The number of nitrogens with two attached hydrogens (primary N) is 1. The van der Waals surface area contributed by atoms with Crippen molar-refractivity contribution in [3.05, 3.63) is 21.9 Å². The van der Waals surface area contributed by atoms with Crippen LogP contribution in [0.2, 0.25) is 0 Å². The molecule has 1 aromatic heterocycles. The standard InChI is InChI=1S/C9H12N2O3S/c1-5-2-3-15-7(5)9(14)11-4-6(12)8(10)13/h2-3,6,12H,4H2,1H3,(H2,10,13)(H,11,14). The van der Waals surface area contributed by atoms with Crippen molar-refractivity contribution in [3.8, 4) is 0 Å². The van der Waals surface area contributed by atoms with Gasteiger partial charge in [-0.15, -0.1) is 11.3 Å². The Labute approximate surface area is 90.9 Å². The summed E-state index contributed by atoms with van der Waals surface area (Å²) in [5, 5.41) is 13.3. The van der Waals surface area contributed by atoms with E-state index in [-0.39, 0.29) is 12.5 Å². The molecular formula is C9H12N2O3S. The maximum absolute atomic E-state index is 11.5. The Bertz CT molecular complexity index is 375. The lowest BCUT2D eigenvalue weighted by atomic mass is 10.2. The van der Waals surface area contributed by atoms with Gasteiger partial charge < -0.3 is 16.2 Å². The second kappa shape index (κ2) is 4.90. The predicted octanol–water partition coefficient (Wildman–Crippen LogP) is -0.367. The fourth-order valence-electron chi connectivity index (χ4n) is 0.976. The van der Waals surface area contributed by atoms with E-state index in [2.05, 4.69) is 5.32 Å². The number of thiophene rings is 1. The molecular weight excluding hydrogens is 216 g/mol. The van der Waals surface area contributed by atoms with Gasteiger partial charge >= 0.3 is 0 Å². The summed E-state index contributed by atoms with van der Waals surface area (Å²) in [5.41, 5.74) is 5.70. The van der Waals surface area contributed by atoms with Crippen molar-refractivity contribution in [3.63, 3.8) is 0 Å². The molecule has 5 nitrogen and oxygen atoms in total. The Morgan fingerprint density at radius 1 is 1.67 bits per heavy atom. The third kappa shape index (κ3) is 3.03. The number of carbonyl (C=O) groups is 2. The second-order valence-corrected chi connectivity index (χ2v) is 3.98. The fourth-order valence-corrected chi connectivity index (χ4v) is 1.82. The Hall–Kier alpha value is -1.40. The molecule has 0 aliphatic carbocycles. The van der Waals surface area contributed by atoms with E-state index in [1.54, 1.807) is 5.38 Å². The van der Waals surface area contributed by atoms with Crippen LogP contribution in [0.25, 0.3) is 0 Å². The van der Waals surface area contributed by atoms with E-state index >= 15 is 0 Å². The summed E-state index contributed by atoms with van der Waals surface area (Å²) in [6.45, 7) is 1.65. The first-order chi connectivity index (χ1) is 7.02. The number of carbonyl (C=O) groups excluding carboxylic acids is 2. The van der Waals surface area contributed by atoms with Gasteiger partial charge in [-0.25, -0.2) is 0 Å². The number of hydrogen-bond donors (Lipinski definition) is 3. The molecule has 0 saturated heterocycles. The zero-order valence-electron chi connectivity index (χ0n) is 8.19. The number of primary amides is 1. The van der Waals surface area contributed by atoms with E-state index in [4.69, 9.17) is 10.8 Å². The molecule has 0 aromatic carbocycles. The Kier molecular flexibility index (Phi) is 3.81. The Morgan fingerprint density at radius 2 is 2.33 bits per heavy atom. The largest absolute Gasteiger partial charge is 0.381 e. The number of rotatable bonds is 4. The normalized spacial score (nSPS) is 12.1. The van der Waals surface area contributed by atoms with Gasteiger partial charge in [0.25, 0.3) is 5.91 Å². The molecule has 1 heterocycles. The van der Waals surface area contributed by atoms with Crippen molar-refractivity contribution in [1.82, 2.24) is 5.32 Å². The van der Waals surface area contributed by atoms with Crippen LogP contribution >= 0.6 is 11.3 Å². The molecule has 0 radical (unpaired) electrons. The summed E-state index contributed by atoms with van der Waals surface area (Å²) in [6.07, 6.45) is -1.34. The van der Waals surface area contributed by atoms with Gasteiger partial charge in [-0.2, -0.15) is 0 Å². The van der Waals surface area contributed by atoms with Gasteiger partial charge in [-0.1, -0.05) is 0 Å². The van der Waals surface area contributed by atoms with E-state index < -0.39 is 12.0 Å². The first-order valence-corrected chi connectivity index (χ1v) is 5.20. The average molecular weight is 228 g/mol. The van der Waals surface area contributed by atoms with Crippen LogP contribution in [0.15, 0.2) is 11.4 Å². The van der Waals surface area contributed by atoms with Gasteiger partial charge in [-0.05, 0) is 23.9 Å². The van der Waals surface area contributed by atoms with E-state index in [1.807, 2.05) is 13.0 Å². The summed E-state index contributed by atoms with van der Waals surface area (Å²) in [6, 6.07) is 1.82. The van der Waals surface area contributed by atoms with E-state index in [9.17, 15) is 9.59 Å². The molecule has 1 aromatic rings.